The fraction of sp³-hybridized carbons (Fsp3) is 1.00. The van der Waals surface area contributed by atoms with Crippen LogP contribution in [0.5, 0.6) is 0 Å². The van der Waals surface area contributed by atoms with Gasteiger partial charge in [0.1, 0.15) is 0 Å². The summed E-state index contributed by atoms with van der Waals surface area (Å²) in [5.74, 6) is 0. The van der Waals surface area contributed by atoms with Crippen LogP contribution >= 0.6 is 0 Å². The zero-order valence-electron chi connectivity index (χ0n) is 17.4. The molecular weight excluding hydrogens is 427 g/mol. The molecule has 9 heteroatoms. The molecule has 7 radical (unpaired) electrons. The Kier molecular flexibility index (Phi) is 15.4. The van der Waals surface area contributed by atoms with Crippen LogP contribution in [0.1, 0.15) is 0 Å². The summed E-state index contributed by atoms with van der Waals surface area (Å²) in [6, 6.07) is 0. The molecule has 0 saturated carbocycles. The standard InChI is InChI=1S/C6H12NO3Si.3C3H9Si.Ge/c1-4-8-11-7(1,2-5-9-11)3-6-10-11;3*1-4(2)3;/h1-6H2;3*1-3H3;. The number of quaternary nitrogens is 1. The quantitative estimate of drug-likeness (QED) is 0.514. The summed E-state index contributed by atoms with van der Waals surface area (Å²) < 4.78 is 18.0. The molecule has 3 fully saturated rings. The van der Waals surface area contributed by atoms with Crippen LogP contribution in [0, 0.1) is 0 Å². The Morgan fingerprint density at radius 1 is 0.583 bits per heavy atom. The van der Waals surface area contributed by atoms with Gasteiger partial charge in [0.05, 0.1) is 39.5 Å². The van der Waals surface area contributed by atoms with Crippen molar-refractivity contribution in [1.82, 2.24) is 0 Å². The second-order valence-electron chi connectivity index (χ2n) is 7.89. The molecule has 0 aromatic carbocycles. The first-order valence-electron chi connectivity index (χ1n) is 8.65. The van der Waals surface area contributed by atoms with Crippen LogP contribution in [0.25, 0.3) is 0 Å². The van der Waals surface area contributed by atoms with Crippen molar-refractivity contribution in [3.05, 3.63) is 0 Å². The third-order valence-corrected chi connectivity index (χ3v) is 6.53. The summed E-state index contributed by atoms with van der Waals surface area (Å²) in [6.07, 6.45) is 0. The monoisotopic (exact) mass is 467 g/mol. The number of rotatable bonds is 0. The van der Waals surface area contributed by atoms with Gasteiger partial charge in [0.2, 0.25) is 0 Å². The van der Waals surface area contributed by atoms with Crippen LogP contribution in [0.15, 0.2) is 0 Å². The molecule has 0 atom stereocenters. The van der Waals surface area contributed by atoms with Crippen molar-refractivity contribution in [2.24, 2.45) is 0 Å². The van der Waals surface area contributed by atoms with Gasteiger partial charge >= 0.3 is 8.97 Å². The molecule has 142 valence electrons. The van der Waals surface area contributed by atoms with E-state index in [1.54, 1.807) is 0 Å². The number of nitrogens with zero attached hydrogens (tertiary/aromatic N) is 1. The van der Waals surface area contributed by atoms with Crippen molar-refractivity contribution in [2.45, 2.75) is 58.9 Å². The van der Waals surface area contributed by atoms with Crippen molar-refractivity contribution in [1.29, 1.82) is 0 Å². The molecule has 0 spiro atoms. The fourth-order valence-corrected chi connectivity index (χ4v) is 5.54. The van der Waals surface area contributed by atoms with E-state index in [2.05, 4.69) is 58.9 Å². The third kappa shape index (κ3) is 9.81. The Bertz CT molecular complexity index is 253. The van der Waals surface area contributed by atoms with Crippen LogP contribution in [-0.4, -0.2) is 96.6 Å². The SMILES string of the molecule is C1C[N+]23CCO[Si-]2(O1)OCC3.C[Si](C)C.C[Si](C)C.C[Si](C)C.[Ge]. The Morgan fingerprint density at radius 3 is 0.958 bits per heavy atom. The van der Waals surface area contributed by atoms with E-state index in [1.807, 2.05) is 0 Å². The molecule has 3 rings (SSSR count). The van der Waals surface area contributed by atoms with Gasteiger partial charge in [-0.25, -0.2) is 0 Å². The molecule has 0 amide bonds. The Balaban J connectivity index is 0. The van der Waals surface area contributed by atoms with Crippen molar-refractivity contribution < 1.29 is 17.4 Å². The maximum Gasteiger partial charge on any atom is 0.569 e. The van der Waals surface area contributed by atoms with Crippen LogP contribution in [0.4, 0.5) is 0 Å². The molecule has 3 aliphatic rings. The zero-order chi connectivity index (χ0) is 18.1. The molecule has 4 nitrogen and oxygen atoms in total. The molecule has 3 aliphatic heterocycles. The molecule has 0 aliphatic carbocycles. The first-order valence-corrected chi connectivity index (χ1v) is 19.3. The van der Waals surface area contributed by atoms with E-state index >= 15 is 0 Å². The second-order valence-corrected chi connectivity index (χ2v) is 19.7. The molecule has 0 unspecified atom stereocenters. The molecule has 3 heterocycles. The predicted octanol–water partition coefficient (Wildman–Crippen LogP) is 3.06. The van der Waals surface area contributed by atoms with Gasteiger partial charge in [-0.1, -0.05) is 58.9 Å². The van der Waals surface area contributed by atoms with E-state index in [4.69, 9.17) is 13.3 Å². The Labute approximate surface area is 168 Å². The molecular formula is C15H39GeNO3Si4. The Morgan fingerprint density at radius 2 is 0.792 bits per heavy atom. The molecule has 0 aromatic heterocycles. The number of hydrogen-bond donors (Lipinski definition) is 0. The van der Waals surface area contributed by atoms with Gasteiger partial charge in [0.15, 0.2) is 0 Å². The first-order chi connectivity index (χ1) is 10.6. The van der Waals surface area contributed by atoms with Crippen LogP contribution in [0.3, 0.4) is 0 Å². The van der Waals surface area contributed by atoms with Crippen LogP contribution in [-0.2, 0) is 13.3 Å². The van der Waals surface area contributed by atoms with Crippen molar-refractivity contribution in [3.63, 3.8) is 0 Å². The van der Waals surface area contributed by atoms with E-state index < -0.39 is 8.97 Å². The first kappa shape index (κ1) is 27.5. The summed E-state index contributed by atoms with van der Waals surface area (Å²) in [5, 5.41) is 0. The van der Waals surface area contributed by atoms with Gasteiger partial charge in [0.25, 0.3) is 0 Å². The minimum Gasteiger partial charge on any atom is -0.471 e. The summed E-state index contributed by atoms with van der Waals surface area (Å²) >= 11 is 0. The van der Waals surface area contributed by atoms with Gasteiger partial charge in [-0.05, 0) is 0 Å². The fourth-order valence-electron chi connectivity index (χ4n) is 2.33. The van der Waals surface area contributed by atoms with Gasteiger partial charge in [-0.15, -0.1) is 0 Å². The zero-order valence-corrected chi connectivity index (χ0v) is 23.5. The minimum absolute atomic E-state index is 0. The van der Waals surface area contributed by atoms with Crippen molar-refractivity contribution in [3.8, 4) is 0 Å². The molecule has 24 heavy (non-hydrogen) atoms. The van der Waals surface area contributed by atoms with Crippen LogP contribution in [0.2, 0.25) is 58.9 Å². The van der Waals surface area contributed by atoms with Crippen LogP contribution < -0.4 is 0 Å². The minimum atomic E-state index is -2.15. The summed E-state index contributed by atoms with van der Waals surface area (Å²) in [7, 11) is -1.79. The van der Waals surface area contributed by atoms with Crippen molar-refractivity contribution in [2.75, 3.05) is 39.5 Å². The summed E-state index contributed by atoms with van der Waals surface area (Å²) in [5.41, 5.74) is 0. The van der Waals surface area contributed by atoms with Gasteiger partial charge in [-0.3, -0.25) is 0 Å². The molecule has 0 bridgehead atoms. The van der Waals surface area contributed by atoms with E-state index in [9.17, 15) is 0 Å². The van der Waals surface area contributed by atoms with E-state index in [1.165, 1.54) is 0 Å². The average Bonchev–Trinajstić information content (AvgIpc) is 2.86. The van der Waals surface area contributed by atoms with Gasteiger partial charge in [0, 0.05) is 44.0 Å². The summed E-state index contributed by atoms with van der Waals surface area (Å²) in [6.45, 7) is 26.3. The molecule has 0 N–H and O–H groups in total. The Hall–Kier alpha value is 1.25. The maximum absolute atomic E-state index is 5.65. The third-order valence-electron chi connectivity index (χ3n) is 2.99. The van der Waals surface area contributed by atoms with E-state index in [0.29, 0.717) is 0 Å². The number of hydrogen-bond acceptors (Lipinski definition) is 3. The maximum atomic E-state index is 5.65. The van der Waals surface area contributed by atoms with E-state index in [-0.39, 0.29) is 44.0 Å². The second kappa shape index (κ2) is 13.4. The average molecular weight is 466 g/mol. The van der Waals surface area contributed by atoms with Gasteiger partial charge < -0.3 is 17.4 Å². The topological polar surface area (TPSA) is 27.7 Å². The van der Waals surface area contributed by atoms with E-state index in [0.717, 1.165) is 43.6 Å². The normalized spacial score (nSPS) is 29.5. The summed E-state index contributed by atoms with van der Waals surface area (Å²) in [4.78, 5) is 0. The largest absolute Gasteiger partial charge is 0.569 e. The smallest absolute Gasteiger partial charge is 0.471 e. The van der Waals surface area contributed by atoms with Crippen molar-refractivity contribution >= 4 is 53.0 Å². The molecule has 3 saturated heterocycles. The van der Waals surface area contributed by atoms with Gasteiger partial charge in [-0.2, -0.15) is 0 Å². The predicted molar refractivity (Wildman–Crippen MR) is 114 cm³/mol. The molecule has 0 aromatic rings.